The van der Waals surface area contributed by atoms with Crippen molar-refractivity contribution in [2.45, 2.75) is 75.6 Å². The molecule has 1 saturated heterocycles. The van der Waals surface area contributed by atoms with Gasteiger partial charge in [-0.3, -0.25) is 4.90 Å². The van der Waals surface area contributed by atoms with Gasteiger partial charge in [-0.1, -0.05) is 13.8 Å². The fourth-order valence-electron chi connectivity index (χ4n) is 2.80. The van der Waals surface area contributed by atoms with E-state index < -0.39 is 81.1 Å². The molecule has 200 valence electrons. The minimum absolute atomic E-state index is 0.332. The standard InChI is InChI=1S/C14H15F14NO2.C2H6/c1-6-2-29(3-7(31-6)12(20,21)22)9(14(26,27)28)11(18,19)5-30-4-10(16,17)8(15)13(23,24)25;1-2/h6-9H,2-5H2,1H3;1-2H3. The number of nitrogens with zero attached hydrogens (tertiary/aromatic N) is 1. The number of alkyl halides is 14. The minimum atomic E-state index is -6.11. The first-order valence-corrected chi connectivity index (χ1v) is 9.16. The van der Waals surface area contributed by atoms with Crippen molar-refractivity contribution >= 4 is 0 Å². The Morgan fingerprint density at radius 1 is 0.788 bits per heavy atom. The molecule has 4 atom stereocenters. The molecule has 1 aliphatic rings. The van der Waals surface area contributed by atoms with E-state index in [2.05, 4.69) is 9.47 Å². The van der Waals surface area contributed by atoms with Gasteiger partial charge in [-0.05, 0) is 6.92 Å². The van der Waals surface area contributed by atoms with Crippen molar-refractivity contribution in [2.75, 3.05) is 26.3 Å². The van der Waals surface area contributed by atoms with E-state index in [9.17, 15) is 61.5 Å². The van der Waals surface area contributed by atoms with Crippen LogP contribution in [0.5, 0.6) is 0 Å². The Balaban J connectivity index is 0.00000497. The molecule has 0 aromatic rings. The zero-order valence-electron chi connectivity index (χ0n) is 17.2. The van der Waals surface area contributed by atoms with Gasteiger partial charge in [0.1, 0.15) is 13.2 Å². The maximum Gasteiger partial charge on any atom is 0.425 e. The SMILES string of the molecule is CC.CC1CN(C(C(F)(F)F)C(F)(F)COCC(F)(F)C(F)C(F)(F)F)CC(C(F)(F)F)O1. The van der Waals surface area contributed by atoms with Crippen LogP contribution in [0.2, 0.25) is 0 Å². The molecule has 0 bridgehead atoms. The predicted octanol–water partition coefficient (Wildman–Crippen LogP) is 5.78. The highest BCUT2D eigenvalue weighted by Crippen LogP contribution is 2.40. The van der Waals surface area contributed by atoms with Crippen LogP contribution in [-0.2, 0) is 9.47 Å². The summed E-state index contributed by atoms with van der Waals surface area (Å²) < 4.78 is 189. The molecule has 0 aromatic carbocycles. The first kappa shape index (κ1) is 31.9. The second kappa shape index (κ2) is 11.1. The fraction of sp³-hybridized carbons (Fsp3) is 1.00. The summed E-state index contributed by atoms with van der Waals surface area (Å²) in [4.78, 5) is -0.332. The monoisotopic (exact) mass is 525 g/mol. The van der Waals surface area contributed by atoms with Gasteiger partial charge in [0.05, 0.1) is 6.10 Å². The quantitative estimate of drug-likeness (QED) is 0.394. The van der Waals surface area contributed by atoms with Gasteiger partial charge in [-0.25, -0.2) is 22.0 Å². The van der Waals surface area contributed by atoms with Crippen molar-refractivity contribution in [1.82, 2.24) is 4.90 Å². The lowest BCUT2D eigenvalue weighted by Gasteiger charge is -2.44. The third-order valence-corrected chi connectivity index (χ3v) is 3.98. The summed E-state index contributed by atoms with van der Waals surface area (Å²) >= 11 is 0. The predicted molar refractivity (Wildman–Crippen MR) is 84.8 cm³/mol. The number of morpholine rings is 1. The summed E-state index contributed by atoms with van der Waals surface area (Å²) in [7, 11) is 0. The molecule has 1 fully saturated rings. The summed E-state index contributed by atoms with van der Waals surface area (Å²) in [6.45, 7) is -3.11. The average molecular weight is 525 g/mol. The number of ether oxygens (including phenoxy) is 2. The fourth-order valence-corrected chi connectivity index (χ4v) is 2.80. The van der Waals surface area contributed by atoms with E-state index in [0.717, 1.165) is 6.92 Å². The van der Waals surface area contributed by atoms with E-state index >= 15 is 0 Å². The van der Waals surface area contributed by atoms with Crippen LogP contribution >= 0.6 is 0 Å². The number of rotatable bonds is 7. The third kappa shape index (κ3) is 9.22. The van der Waals surface area contributed by atoms with Crippen molar-refractivity contribution < 1.29 is 70.9 Å². The Morgan fingerprint density at radius 2 is 1.24 bits per heavy atom. The van der Waals surface area contributed by atoms with E-state index in [4.69, 9.17) is 0 Å². The molecule has 1 rings (SSSR count). The highest BCUT2D eigenvalue weighted by atomic mass is 19.4. The normalized spacial score (nSPS) is 23.5. The number of hydrogen-bond acceptors (Lipinski definition) is 3. The molecule has 1 heterocycles. The van der Waals surface area contributed by atoms with Crippen LogP contribution in [0.25, 0.3) is 0 Å². The van der Waals surface area contributed by atoms with Crippen molar-refractivity contribution in [3.63, 3.8) is 0 Å². The van der Waals surface area contributed by atoms with Crippen LogP contribution in [0.3, 0.4) is 0 Å². The van der Waals surface area contributed by atoms with Gasteiger partial charge in [-0.2, -0.15) is 39.5 Å². The lowest BCUT2D eigenvalue weighted by atomic mass is 10.0. The first-order valence-electron chi connectivity index (χ1n) is 9.16. The minimum Gasteiger partial charge on any atom is -0.369 e. The molecule has 0 saturated carbocycles. The van der Waals surface area contributed by atoms with Crippen molar-refractivity contribution in [3.05, 3.63) is 0 Å². The van der Waals surface area contributed by atoms with Crippen LogP contribution < -0.4 is 0 Å². The topological polar surface area (TPSA) is 21.7 Å². The van der Waals surface area contributed by atoms with Gasteiger partial charge in [0.2, 0.25) is 0 Å². The Bertz CT molecular complexity index is 589. The maximum absolute atomic E-state index is 14.2. The van der Waals surface area contributed by atoms with Gasteiger partial charge in [0.15, 0.2) is 12.1 Å². The Hall–Kier alpha value is -1.10. The first-order chi connectivity index (χ1) is 14.6. The number of hydrogen-bond donors (Lipinski definition) is 0. The lowest BCUT2D eigenvalue weighted by Crippen LogP contribution is -2.64. The van der Waals surface area contributed by atoms with Crippen molar-refractivity contribution in [3.8, 4) is 0 Å². The maximum atomic E-state index is 14.2. The summed E-state index contributed by atoms with van der Waals surface area (Å²) in [6, 6.07) is -3.98. The Morgan fingerprint density at radius 3 is 1.64 bits per heavy atom. The average Bonchev–Trinajstić information content (AvgIpc) is 2.58. The number of halogens is 14. The van der Waals surface area contributed by atoms with Gasteiger partial charge < -0.3 is 9.47 Å². The lowest BCUT2D eigenvalue weighted by molar-refractivity contribution is -0.299. The van der Waals surface area contributed by atoms with Crippen molar-refractivity contribution in [2.24, 2.45) is 0 Å². The van der Waals surface area contributed by atoms with Crippen LogP contribution in [0.1, 0.15) is 20.8 Å². The molecule has 0 aliphatic carbocycles. The van der Waals surface area contributed by atoms with E-state index in [0.29, 0.717) is 0 Å². The van der Waals surface area contributed by atoms with Crippen LogP contribution in [0, 0.1) is 0 Å². The molecule has 0 N–H and O–H groups in total. The molecule has 0 spiro atoms. The van der Waals surface area contributed by atoms with Crippen LogP contribution in [-0.4, -0.2) is 86.0 Å². The summed E-state index contributed by atoms with van der Waals surface area (Å²) in [6.07, 6.45) is -26.5. The Labute approximate surface area is 179 Å². The molecule has 17 heteroatoms. The second-order valence-electron chi connectivity index (χ2n) is 6.79. The third-order valence-electron chi connectivity index (χ3n) is 3.98. The largest absolute Gasteiger partial charge is 0.425 e. The van der Waals surface area contributed by atoms with Crippen LogP contribution in [0.15, 0.2) is 0 Å². The molecule has 33 heavy (non-hydrogen) atoms. The summed E-state index contributed by atoms with van der Waals surface area (Å²) in [5, 5.41) is 0. The molecule has 0 radical (unpaired) electrons. The molecule has 0 amide bonds. The van der Waals surface area contributed by atoms with Gasteiger partial charge >= 0.3 is 24.5 Å². The van der Waals surface area contributed by atoms with Gasteiger partial charge in [0.25, 0.3) is 12.1 Å². The van der Waals surface area contributed by atoms with E-state index in [1.807, 2.05) is 13.8 Å². The smallest absolute Gasteiger partial charge is 0.369 e. The van der Waals surface area contributed by atoms with E-state index in [1.54, 1.807) is 0 Å². The summed E-state index contributed by atoms with van der Waals surface area (Å²) in [5.41, 5.74) is 0. The molecule has 4 unspecified atom stereocenters. The zero-order valence-corrected chi connectivity index (χ0v) is 17.2. The summed E-state index contributed by atoms with van der Waals surface area (Å²) in [5.74, 6) is -10.6. The van der Waals surface area contributed by atoms with Gasteiger partial charge in [-0.15, -0.1) is 0 Å². The van der Waals surface area contributed by atoms with E-state index in [1.165, 1.54) is 0 Å². The Kier molecular flexibility index (Phi) is 10.7. The molecular formula is C16H21F14NO2. The van der Waals surface area contributed by atoms with E-state index in [-0.39, 0.29) is 4.90 Å². The van der Waals surface area contributed by atoms with Crippen LogP contribution in [0.4, 0.5) is 61.5 Å². The molecular weight excluding hydrogens is 504 g/mol. The van der Waals surface area contributed by atoms with Gasteiger partial charge in [0, 0.05) is 13.1 Å². The van der Waals surface area contributed by atoms with Crippen molar-refractivity contribution in [1.29, 1.82) is 0 Å². The second-order valence-corrected chi connectivity index (χ2v) is 6.79. The molecule has 0 aromatic heterocycles. The highest BCUT2D eigenvalue weighted by Gasteiger charge is 2.62. The highest BCUT2D eigenvalue weighted by molar-refractivity contribution is 4.96. The zero-order chi connectivity index (χ0) is 26.6. The molecule has 1 aliphatic heterocycles. The molecule has 3 nitrogen and oxygen atoms in total.